The highest BCUT2D eigenvalue weighted by molar-refractivity contribution is 6.33. The molecule has 4 bridgehead atoms. The molecule has 7 heteroatoms. The van der Waals surface area contributed by atoms with Crippen molar-refractivity contribution in [1.29, 1.82) is 0 Å². The van der Waals surface area contributed by atoms with E-state index in [9.17, 15) is 13.6 Å². The molecule has 4 aliphatic rings. The van der Waals surface area contributed by atoms with Crippen LogP contribution in [0, 0.1) is 29.4 Å². The van der Waals surface area contributed by atoms with Crippen molar-refractivity contribution in [3.63, 3.8) is 0 Å². The third-order valence-corrected chi connectivity index (χ3v) is 6.94. The van der Waals surface area contributed by atoms with E-state index in [1.807, 2.05) is 0 Å². The van der Waals surface area contributed by atoms with E-state index in [4.69, 9.17) is 11.6 Å². The van der Waals surface area contributed by atoms with Gasteiger partial charge in [0.25, 0.3) is 5.56 Å². The lowest BCUT2D eigenvalue weighted by Gasteiger charge is -2.56. The number of hydrogen-bond acceptors (Lipinski definition) is 3. The first-order valence-electron chi connectivity index (χ1n) is 9.44. The van der Waals surface area contributed by atoms with Gasteiger partial charge in [-0.1, -0.05) is 11.6 Å². The number of hydrogen-bond donors (Lipinski definition) is 1. The van der Waals surface area contributed by atoms with Crippen molar-refractivity contribution in [3.05, 3.63) is 51.4 Å². The van der Waals surface area contributed by atoms with Gasteiger partial charge in [0.1, 0.15) is 16.7 Å². The van der Waals surface area contributed by atoms with Gasteiger partial charge in [0, 0.05) is 6.07 Å². The molecule has 4 fully saturated rings. The maximum Gasteiger partial charge on any atom is 0.288 e. The molecule has 0 unspecified atom stereocenters. The van der Waals surface area contributed by atoms with E-state index in [1.165, 1.54) is 31.5 Å². The van der Waals surface area contributed by atoms with E-state index in [0.717, 1.165) is 31.4 Å². The summed E-state index contributed by atoms with van der Waals surface area (Å²) >= 11 is 6.34. The van der Waals surface area contributed by atoms with Crippen LogP contribution >= 0.6 is 11.6 Å². The smallest absolute Gasteiger partial charge is 0.288 e. The Morgan fingerprint density at radius 2 is 1.70 bits per heavy atom. The Bertz CT molecular complexity index is 939. The van der Waals surface area contributed by atoms with Crippen LogP contribution in [-0.4, -0.2) is 9.78 Å². The molecule has 27 heavy (non-hydrogen) atoms. The van der Waals surface area contributed by atoms with E-state index in [2.05, 4.69) is 10.4 Å². The summed E-state index contributed by atoms with van der Waals surface area (Å²) in [6.07, 6.45) is 8.25. The summed E-state index contributed by atoms with van der Waals surface area (Å²) in [5.41, 5.74) is -0.291. The Labute approximate surface area is 160 Å². The van der Waals surface area contributed by atoms with Crippen molar-refractivity contribution < 1.29 is 8.78 Å². The van der Waals surface area contributed by atoms with Gasteiger partial charge < -0.3 is 5.32 Å². The first-order valence-corrected chi connectivity index (χ1v) is 9.82. The van der Waals surface area contributed by atoms with Gasteiger partial charge in [0.15, 0.2) is 0 Å². The molecule has 4 nitrogen and oxygen atoms in total. The van der Waals surface area contributed by atoms with Crippen LogP contribution in [0.5, 0.6) is 0 Å². The van der Waals surface area contributed by atoms with Gasteiger partial charge in [-0.3, -0.25) is 4.79 Å². The van der Waals surface area contributed by atoms with Gasteiger partial charge in [-0.25, -0.2) is 13.5 Å². The Morgan fingerprint density at radius 1 is 1.07 bits per heavy atom. The standard InChI is InChI=1S/C20H20ClF2N3O/c21-18-17(25-16-2-1-14(22)6-15(16)23)10-24-26(19(18)27)20-7-11-3-12(8-20)5-13(4-11)9-20/h1-2,6,10-13,25H,3-5,7-9H2. The Kier molecular flexibility index (Phi) is 3.83. The van der Waals surface area contributed by atoms with Crippen molar-refractivity contribution in [3.8, 4) is 0 Å². The number of nitrogens with one attached hydrogen (secondary N) is 1. The van der Waals surface area contributed by atoms with Crippen molar-refractivity contribution in [2.24, 2.45) is 17.8 Å². The third-order valence-electron chi connectivity index (χ3n) is 6.57. The van der Waals surface area contributed by atoms with Gasteiger partial charge in [0.2, 0.25) is 0 Å². The van der Waals surface area contributed by atoms with Gasteiger partial charge in [-0.05, 0) is 68.4 Å². The molecule has 1 heterocycles. The summed E-state index contributed by atoms with van der Waals surface area (Å²) < 4.78 is 28.6. The molecule has 0 saturated heterocycles. The minimum absolute atomic E-state index is 0.00975. The molecule has 4 aliphatic carbocycles. The summed E-state index contributed by atoms with van der Waals surface area (Å²) in [6, 6.07) is 3.19. The third kappa shape index (κ3) is 2.76. The molecule has 0 radical (unpaired) electrons. The fourth-order valence-electron chi connectivity index (χ4n) is 5.92. The first kappa shape index (κ1) is 17.2. The van der Waals surface area contributed by atoms with Crippen molar-refractivity contribution in [2.75, 3.05) is 5.32 Å². The van der Waals surface area contributed by atoms with Crippen LogP contribution in [0.3, 0.4) is 0 Å². The average Bonchev–Trinajstić information content (AvgIpc) is 2.60. The average molecular weight is 392 g/mol. The van der Waals surface area contributed by atoms with E-state index in [0.29, 0.717) is 17.8 Å². The highest BCUT2D eigenvalue weighted by Crippen LogP contribution is 2.58. The van der Waals surface area contributed by atoms with Crippen LogP contribution in [-0.2, 0) is 5.54 Å². The number of anilines is 2. The molecule has 2 aromatic rings. The van der Waals surface area contributed by atoms with Crippen LogP contribution in [0.4, 0.5) is 20.2 Å². The summed E-state index contributed by atoms with van der Waals surface area (Å²) in [6.45, 7) is 0. The Balaban J connectivity index is 1.50. The lowest BCUT2D eigenvalue weighted by molar-refractivity contribution is -0.0518. The lowest BCUT2D eigenvalue weighted by atomic mass is 9.53. The molecule has 1 aromatic carbocycles. The number of aromatic nitrogens is 2. The predicted octanol–water partition coefficient (Wildman–Crippen LogP) is 4.84. The van der Waals surface area contributed by atoms with Gasteiger partial charge in [-0.2, -0.15) is 5.10 Å². The fraction of sp³-hybridized carbons (Fsp3) is 0.500. The predicted molar refractivity (Wildman–Crippen MR) is 99.3 cm³/mol. The number of benzene rings is 1. The summed E-state index contributed by atoms with van der Waals surface area (Å²) in [7, 11) is 0. The molecule has 1 N–H and O–H groups in total. The largest absolute Gasteiger partial charge is 0.350 e. The maximum atomic E-state index is 13.9. The van der Waals surface area contributed by atoms with E-state index < -0.39 is 11.6 Å². The minimum Gasteiger partial charge on any atom is -0.350 e. The monoisotopic (exact) mass is 391 g/mol. The van der Waals surface area contributed by atoms with Crippen molar-refractivity contribution in [2.45, 2.75) is 44.1 Å². The summed E-state index contributed by atoms with van der Waals surface area (Å²) in [5, 5.41) is 7.18. The Hall–Kier alpha value is -1.95. The molecule has 6 rings (SSSR count). The second kappa shape index (κ2) is 6.03. The zero-order chi connectivity index (χ0) is 18.8. The van der Waals surface area contributed by atoms with Gasteiger partial charge in [0.05, 0.1) is 23.1 Å². The second-order valence-corrected chi connectivity index (χ2v) is 8.86. The maximum absolute atomic E-state index is 13.9. The molecule has 142 valence electrons. The number of nitrogens with zero attached hydrogens (tertiary/aromatic N) is 2. The molecular formula is C20H20ClF2N3O. The molecule has 0 amide bonds. The molecule has 0 aliphatic heterocycles. The van der Waals surface area contributed by atoms with E-state index in [1.54, 1.807) is 4.68 Å². The topological polar surface area (TPSA) is 46.9 Å². The summed E-state index contributed by atoms with van der Waals surface area (Å²) in [5.74, 6) is 0.607. The highest BCUT2D eigenvalue weighted by atomic mass is 35.5. The molecule has 4 saturated carbocycles. The fourth-order valence-corrected chi connectivity index (χ4v) is 6.09. The van der Waals surface area contributed by atoms with Gasteiger partial charge in [-0.15, -0.1) is 0 Å². The minimum atomic E-state index is -0.753. The quantitative estimate of drug-likeness (QED) is 0.814. The highest BCUT2D eigenvalue weighted by Gasteiger charge is 2.53. The van der Waals surface area contributed by atoms with Crippen LogP contribution in [0.25, 0.3) is 0 Å². The molecule has 0 spiro atoms. The van der Waals surface area contributed by atoms with Gasteiger partial charge >= 0.3 is 0 Å². The van der Waals surface area contributed by atoms with Crippen LogP contribution in [0.2, 0.25) is 5.02 Å². The molecule has 1 aromatic heterocycles. The van der Waals surface area contributed by atoms with E-state index >= 15 is 0 Å². The van der Waals surface area contributed by atoms with E-state index in [-0.39, 0.29) is 27.5 Å². The van der Waals surface area contributed by atoms with Crippen molar-refractivity contribution in [1.82, 2.24) is 9.78 Å². The normalized spacial score (nSPS) is 31.3. The number of halogens is 3. The number of rotatable bonds is 3. The lowest BCUT2D eigenvalue weighted by Crippen LogP contribution is -2.55. The van der Waals surface area contributed by atoms with Crippen LogP contribution in [0.1, 0.15) is 38.5 Å². The zero-order valence-corrected chi connectivity index (χ0v) is 15.5. The summed E-state index contributed by atoms with van der Waals surface area (Å²) in [4.78, 5) is 13.0. The zero-order valence-electron chi connectivity index (χ0n) is 14.7. The van der Waals surface area contributed by atoms with Crippen molar-refractivity contribution >= 4 is 23.0 Å². The second-order valence-electron chi connectivity index (χ2n) is 8.48. The van der Waals surface area contributed by atoms with Crippen LogP contribution in [0.15, 0.2) is 29.2 Å². The first-order chi connectivity index (χ1) is 12.9. The molecular weight excluding hydrogens is 372 g/mol. The SMILES string of the molecule is O=c1c(Cl)c(Nc2ccc(F)cc2F)cnn1C12CC3CC(CC(C3)C1)C2. The van der Waals surface area contributed by atoms with Crippen LogP contribution < -0.4 is 10.9 Å². The molecule has 0 atom stereocenters. The Morgan fingerprint density at radius 3 is 2.30 bits per heavy atom.